The maximum absolute atomic E-state index is 12.5. The van der Waals surface area contributed by atoms with Crippen molar-refractivity contribution in [1.82, 2.24) is 15.3 Å². The van der Waals surface area contributed by atoms with E-state index in [0.29, 0.717) is 28.2 Å². The van der Waals surface area contributed by atoms with Gasteiger partial charge < -0.3 is 5.32 Å². The fourth-order valence-corrected chi connectivity index (χ4v) is 5.99. The Morgan fingerprint density at radius 2 is 1.96 bits per heavy atom. The first-order valence-corrected chi connectivity index (χ1v) is 11.2. The third-order valence-corrected chi connectivity index (χ3v) is 7.51. The molecule has 0 unspecified atom stereocenters. The van der Waals surface area contributed by atoms with E-state index in [1.807, 2.05) is 6.92 Å². The summed E-state index contributed by atoms with van der Waals surface area (Å²) in [6, 6.07) is 0.231. The zero-order valence-electron chi connectivity index (χ0n) is 16.5. The van der Waals surface area contributed by atoms with E-state index in [1.54, 1.807) is 6.92 Å². The van der Waals surface area contributed by atoms with E-state index >= 15 is 0 Å². The minimum atomic E-state index is -0.0342. The molecule has 27 heavy (non-hydrogen) atoms. The highest BCUT2D eigenvalue weighted by atomic mass is 32.2. The van der Waals surface area contributed by atoms with Crippen molar-refractivity contribution in [1.29, 1.82) is 0 Å². The Balaban J connectivity index is 1.39. The number of ketones is 1. The molecule has 3 aliphatic carbocycles. The Morgan fingerprint density at radius 3 is 2.56 bits per heavy atom. The molecule has 0 saturated heterocycles. The van der Waals surface area contributed by atoms with Gasteiger partial charge in [0.2, 0.25) is 5.91 Å². The number of amides is 1. The Morgan fingerprint density at radius 1 is 1.19 bits per heavy atom. The summed E-state index contributed by atoms with van der Waals surface area (Å²) in [5.74, 6) is 3.87. The zero-order chi connectivity index (χ0) is 19.1. The molecular formula is C21H29N3O2S. The van der Waals surface area contributed by atoms with Crippen LogP contribution in [0.2, 0.25) is 0 Å². The fraction of sp³-hybridized carbons (Fsp3) is 0.714. The molecule has 3 fully saturated rings. The average molecular weight is 388 g/mol. The maximum atomic E-state index is 12.5. The number of aromatic nitrogens is 2. The predicted octanol–water partition coefficient (Wildman–Crippen LogP) is 3.90. The van der Waals surface area contributed by atoms with Gasteiger partial charge in [0.05, 0.1) is 17.0 Å². The van der Waals surface area contributed by atoms with Crippen molar-refractivity contribution in [3.63, 3.8) is 0 Å². The quantitative estimate of drug-likeness (QED) is 0.436. The molecule has 146 valence electrons. The Hall–Kier alpha value is -1.43. The van der Waals surface area contributed by atoms with E-state index in [1.165, 1.54) is 37.4 Å². The van der Waals surface area contributed by atoms with Crippen LogP contribution < -0.4 is 5.32 Å². The first-order valence-electron chi connectivity index (χ1n) is 10.2. The number of rotatable bonds is 7. The van der Waals surface area contributed by atoms with Crippen LogP contribution in [-0.4, -0.2) is 33.5 Å². The van der Waals surface area contributed by atoms with E-state index in [9.17, 15) is 9.59 Å². The van der Waals surface area contributed by atoms with Crippen molar-refractivity contribution in [2.45, 2.75) is 76.3 Å². The molecule has 0 radical (unpaired) electrons. The summed E-state index contributed by atoms with van der Waals surface area (Å²) in [6.07, 6.45) is 7.56. The summed E-state index contributed by atoms with van der Waals surface area (Å²) in [6.45, 7) is 5.56. The Kier molecular flexibility index (Phi) is 5.28. The highest BCUT2D eigenvalue weighted by Crippen LogP contribution is 2.49. The zero-order valence-corrected chi connectivity index (χ0v) is 17.3. The minimum Gasteiger partial charge on any atom is -0.353 e. The smallest absolute Gasteiger partial charge is 0.230 e. The largest absolute Gasteiger partial charge is 0.353 e. The third kappa shape index (κ3) is 4.05. The van der Waals surface area contributed by atoms with Crippen LogP contribution >= 0.6 is 11.8 Å². The van der Waals surface area contributed by atoms with Crippen molar-refractivity contribution in [2.75, 3.05) is 5.75 Å². The van der Waals surface area contributed by atoms with Gasteiger partial charge >= 0.3 is 0 Å². The summed E-state index contributed by atoms with van der Waals surface area (Å²) in [7, 11) is 0. The lowest BCUT2D eigenvalue weighted by atomic mass is 9.84. The molecule has 3 saturated carbocycles. The lowest BCUT2D eigenvalue weighted by Gasteiger charge is -2.28. The standard InChI is InChI=1S/C21H29N3O2S/c1-11(17-9-14-4-5-16(17)8-14)22-18(26)10-27-21-19(13(3)25)12(2)23-20(24-21)15-6-7-15/h11,14-17H,4-10H2,1-3H3,(H,22,26)/t11-,14+,16+,17+/m1/s1. The van der Waals surface area contributed by atoms with E-state index < -0.39 is 0 Å². The molecule has 0 aromatic carbocycles. The van der Waals surface area contributed by atoms with Crippen LogP contribution in [0.4, 0.5) is 0 Å². The fourth-order valence-electron chi connectivity index (χ4n) is 5.04. The minimum absolute atomic E-state index is 0.0342. The molecular weight excluding hydrogens is 358 g/mol. The summed E-state index contributed by atoms with van der Waals surface area (Å²) >= 11 is 1.37. The number of fused-ring (bicyclic) bond motifs is 2. The number of hydrogen-bond donors (Lipinski definition) is 1. The van der Waals surface area contributed by atoms with Crippen molar-refractivity contribution < 1.29 is 9.59 Å². The lowest BCUT2D eigenvalue weighted by Crippen LogP contribution is -2.40. The van der Waals surface area contributed by atoms with Crippen LogP contribution in [0.25, 0.3) is 0 Å². The second-order valence-corrected chi connectivity index (χ2v) is 9.63. The average Bonchev–Trinajstić information content (AvgIpc) is 3.25. The van der Waals surface area contributed by atoms with E-state index in [0.717, 1.165) is 36.2 Å². The second kappa shape index (κ2) is 7.53. The van der Waals surface area contributed by atoms with Gasteiger partial charge in [-0.15, -0.1) is 0 Å². The number of Topliss-reactive ketones (excluding diaryl/α,β-unsaturated/α-hetero) is 1. The van der Waals surface area contributed by atoms with Gasteiger partial charge in [0.15, 0.2) is 5.78 Å². The molecule has 4 atom stereocenters. The number of thioether (sulfide) groups is 1. The first kappa shape index (κ1) is 18.9. The Labute approximate surface area is 165 Å². The summed E-state index contributed by atoms with van der Waals surface area (Å²) < 4.78 is 0. The van der Waals surface area contributed by atoms with Gasteiger partial charge in [-0.25, -0.2) is 9.97 Å². The van der Waals surface area contributed by atoms with E-state index in [-0.39, 0.29) is 17.7 Å². The van der Waals surface area contributed by atoms with Crippen LogP contribution in [-0.2, 0) is 4.79 Å². The highest BCUT2D eigenvalue weighted by Gasteiger charge is 2.42. The number of nitrogens with one attached hydrogen (secondary N) is 1. The molecule has 1 heterocycles. The predicted molar refractivity (Wildman–Crippen MR) is 106 cm³/mol. The van der Waals surface area contributed by atoms with Crippen LogP contribution in [0.15, 0.2) is 5.03 Å². The SMILES string of the molecule is CC(=O)c1c(C)nc(C2CC2)nc1SCC(=O)N[C@H](C)[C@@H]1C[C@H]2CC[C@H]1C2. The van der Waals surface area contributed by atoms with Crippen molar-refractivity contribution >= 4 is 23.5 Å². The highest BCUT2D eigenvalue weighted by molar-refractivity contribution is 8.00. The number of hydrogen-bond acceptors (Lipinski definition) is 5. The molecule has 1 aromatic heterocycles. The second-order valence-electron chi connectivity index (χ2n) is 8.66. The monoisotopic (exact) mass is 387 g/mol. The summed E-state index contributed by atoms with van der Waals surface area (Å²) in [5, 5.41) is 3.87. The van der Waals surface area contributed by atoms with Crippen molar-refractivity contribution in [2.24, 2.45) is 17.8 Å². The lowest BCUT2D eigenvalue weighted by molar-refractivity contribution is -0.119. The molecule has 0 spiro atoms. The number of nitrogens with zero attached hydrogens (tertiary/aromatic N) is 2. The summed E-state index contributed by atoms with van der Waals surface area (Å²) in [5.41, 5.74) is 1.30. The van der Waals surface area contributed by atoms with Gasteiger partial charge in [0.1, 0.15) is 10.9 Å². The molecule has 3 aliphatic rings. The topological polar surface area (TPSA) is 72.0 Å². The van der Waals surface area contributed by atoms with E-state index in [2.05, 4.69) is 22.2 Å². The normalized spacial score (nSPS) is 27.6. The summed E-state index contributed by atoms with van der Waals surface area (Å²) in [4.78, 5) is 33.7. The van der Waals surface area contributed by atoms with Gasteiger partial charge in [-0.1, -0.05) is 18.2 Å². The van der Waals surface area contributed by atoms with Crippen molar-refractivity contribution in [3.8, 4) is 0 Å². The molecule has 6 heteroatoms. The first-order chi connectivity index (χ1) is 12.9. The van der Waals surface area contributed by atoms with Gasteiger partial charge in [-0.3, -0.25) is 9.59 Å². The van der Waals surface area contributed by atoms with Gasteiger partial charge in [0.25, 0.3) is 0 Å². The molecule has 1 amide bonds. The Bertz CT molecular complexity index is 762. The number of aryl methyl sites for hydroxylation is 1. The molecule has 2 bridgehead atoms. The van der Waals surface area contributed by atoms with Crippen LogP contribution in [0.3, 0.4) is 0 Å². The van der Waals surface area contributed by atoms with Gasteiger partial charge in [-0.2, -0.15) is 0 Å². The molecule has 5 nitrogen and oxygen atoms in total. The number of carbonyl (C=O) groups is 2. The van der Waals surface area contributed by atoms with Crippen LogP contribution in [0.5, 0.6) is 0 Å². The number of carbonyl (C=O) groups excluding carboxylic acids is 2. The van der Waals surface area contributed by atoms with Gasteiger partial charge in [0, 0.05) is 12.0 Å². The molecule has 1 aromatic rings. The van der Waals surface area contributed by atoms with Gasteiger partial charge in [-0.05, 0) is 70.6 Å². The van der Waals surface area contributed by atoms with Crippen LogP contribution in [0, 0.1) is 24.7 Å². The maximum Gasteiger partial charge on any atom is 0.230 e. The van der Waals surface area contributed by atoms with Crippen molar-refractivity contribution in [3.05, 3.63) is 17.1 Å². The third-order valence-electron chi connectivity index (χ3n) is 6.53. The van der Waals surface area contributed by atoms with E-state index in [4.69, 9.17) is 0 Å². The molecule has 4 rings (SSSR count). The molecule has 1 N–H and O–H groups in total. The van der Waals surface area contributed by atoms with Crippen LogP contribution in [0.1, 0.15) is 80.2 Å². The molecule has 0 aliphatic heterocycles.